The summed E-state index contributed by atoms with van der Waals surface area (Å²) < 4.78 is 62.8. The Labute approximate surface area is 191 Å². The lowest BCUT2D eigenvalue weighted by atomic mass is 9.85. The van der Waals surface area contributed by atoms with E-state index < -0.39 is 29.1 Å². The molecular formula is C23H18F4N4O3. The van der Waals surface area contributed by atoms with Gasteiger partial charge in [-0.15, -0.1) is 0 Å². The second kappa shape index (κ2) is 8.84. The van der Waals surface area contributed by atoms with Crippen LogP contribution in [0.5, 0.6) is 5.75 Å². The average Bonchev–Trinajstić information content (AvgIpc) is 3.61. The number of aliphatic hydroxyl groups excluding tert-OH is 1. The van der Waals surface area contributed by atoms with Gasteiger partial charge in [0.25, 0.3) is 0 Å². The summed E-state index contributed by atoms with van der Waals surface area (Å²) in [5, 5.41) is 22.3. The van der Waals surface area contributed by atoms with Crippen LogP contribution in [0.25, 0.3) is 0 Å². The normalized spacial score (nSPS) is 19.1. The van der Waals surface area contributed by atoms with Gasteiger partial charge in [0.05, 0.1) is 18.4 Å². The first kappa shape index (κ1) is 23.3. The van der Waals surface area contributed by atoms with E-state index in [2.05, 4.69) is 22.1 Å². The van der Waals surface area contributed by atoms with Gasteiger partial charge in [-0.3, -0.25) is 4.98 Å². The van der Waals surface area contributed by atoms with Crippen LogP contribution in [0.2, 0.25) is 0 Å². The molecule has 176 valence electrons. The first-order valence-electron chi connectivity index (χ1n) is 10.3. The van der Waals surface area contributed by atoms with E-state index in [1.165, 1.54) is 12.3 Å². The minimum atomic E-state index is -5.00. The summed E-state index contributed by atoms with van der Waals surface area (Å²) >= 11 is 0. The number of alkyl halides is 3. The van der Waals surface area contributed by atoms with Crippen molar-refractivity contribution < 1.29 is 32.2 Å². The molecule has 11 heteroatoms. The van der Waals surface area contributed by atoms with Gasteiger partial charge in [0.15, 0.2) is 5.75 Å². The number of anilines is 1. The summed E-state index contributed by atoms with van der Waals surface area (Å²) in [6.07, 6.45) is -2.57. The molecule has 1 aliphatic heterocycles. The van der Waals surface area contributed by atoms with Crippen molar-refractivity contribution in [1.29, 1.82) is 5.26 Å². The van der Waals surface area contributed by atoms with Gasteiger partial charge in [0.1, 0.15) is 18.5 Å². The summed E-state index contributed by atoms with van der Waals surface area (Å²) in [6, 6.07) is 3.99. The second-order valence-electron chi connectivity index (χ2n) is 7.89. The van der Waals surface area contributed by atoms with E-state index in [1.807, 2.05) is 11.4 Å². The number of halogens is 4. The molecule has 2 aromatic rings. The second-order valence-corrected chi connectivity index (χ2v) is 7.89. The topological polar surface area (TPSA) is 107 Å². The number of nitrogens with one attached hydrogen (secondary N) is 2. The van der Waals surface area contributed by atoms with Gasteiger partial charge in [-0.1, -0.05) is 11.8 Å². The van der Waals surface area contributed by atoms with Crippen molar-refractivity contribution in [1.82, 2.24) is 10.3 Å². The van der Waals surface area contributed by atoms with E-state index in [9.17, 15) is 23.2 Å². The maximum atomic E-state index is 15.0. The van der Waals surface area contributed by atoms with Gasteiger partial charge in [0.2, 0.25) is 5.54 Å². The largest absolute Gasteiger partial charge is 0.488 e. The number of nitrogens with zero attached hydrogens (tertiary/aromatic N) is 2. The molecule has 2 heterocycles. The highest BCUT2D eigenvalue weighted by Gasteiger charge is 2.59. The van der Waals surface area contributed by atoms with Crippen LogP contribution in [0.15, 0.2) is 24.4 Å². The van der Waals surface area contributed by atoms with Crippen LogP contribution in [-0.2, 0) is 12.0 Å². The molecule has 0 spiro atoms. The summed E-state index contributed by atoms with van der Waals surface area (Å²) in [5.41, 5.74) is -3.47. The number of rotatable bonds is 5. The molecule has 1 unspecified atom stereocenters. The van der Waals surface area contributed by atoms with E-state index in [0.29, 0.717) is 12.8 Å². The number of hydrogen-bond donors (Lipinski definition) is 3. The summed E-state index contributed by atoms with van der Waals surface area (Å²) in [7, 11) is 0. The first-order valence-corrected chi connectivity index (χ1v) is 10.3. The van der Waals surface area contributed by atoms with Crippen LogP contribution in [-0.4, -0.2) is 35.5 Å². The molecule has 0 bridgehead atoms. The zero-order valence-electron chi connectivity index (χ0n) is 17.6. The Morgan fingerprint density at radius 1 is 1.29 bits per heavy atom. The number of carbonyl (C=O) groups is 1. The molecular weight excluding hydrogens is 456 g/mol. The van der Waals surface area contributed by atoms with E-state index >= 15 is 4.39 Å². The van der Waals surface area contributed by atoms with E-state index in [4.69, 9.17) is 9.84 Å². The molecule has 0 radical (unpaired) electrons. The van der Waals surface area contributed by atoms with Crippen molar-refractivity contribution in [2.24, 2.45) is 5.92 Å². The molecule has 1 fully saturated rings. The highest BCUT2D eigenvalue weighted by molar-refractivity contribution is 5.95. The maximum absolute atomic E-state index is 15.0. The van der Waals surface area contributed by atoms with Crippen LogP contribution in [0, 0.1) is 34.9 Å². The Bertz CT molecular complexity index is 1240. The molecule has 1 aromatic carbocycles. The molecule has 2 amide bonds. The summed E-state index contributed by atoms with van der Waals surface area (Å²) in [5.74, 6) is 3.71. The molecule has 1 aliphatic carbocycles. The van der Waals surface area contributed by atoms with Crippen molar-refractivity contribution >= 4 is 11.7 Å². The highest BCUT2D eigenvalue weighted by atomic mass is 19.4. The predicted octanol–water partition coefficient (Wildman–Crippen LogP) is 3.36. The third kappa shape index (κ3) is 4.47. The number of nitriles is 1. The standard InChI is InChI=1S/C23H18F4N4O3/c24-18-10-17-19(30-21(33)31-22(17,23(25,26)27)4-3-13-1-2-13)9-14(18)7-16-8-15(11-28)20(12-29-16)34-6-5-32/h8-10,12-13,32H,1-2,5-7H2,(H2,30,31,33). The molecule has 7 nitrogen and oxygen atoms in total. The van der Waals surface area contributed by atoms with E-state index in [-0.39, 0.29) is 53.8 Å². The number of urea groups is 1. The Balaban J connectivity index is 1.73. The Kier molecular flexibility index (Phi) is 6.07. The van der Waals surface area contributed by atoms with E-state index in [1.54, 1.807) is 0 Å². The monoisotopic (exact) mass is 474 g/mol. The van der Waals surface area contributed by atoms with E-state index in [0.717, 1.165) is 12.1 Å². The summed E-state index contributed by atoms with van der Waals surface area (Å²) in [6.45, 7) is -0.314. The minimum Gasteiger partial charge on any atom is -0.488 e. The maximum Gasteiger partial charge on any atom is 0.427 e. The summed E-state index contributed by atoms with van der Waals surface area (Å²) in [4.78, 5) is 16.2. The predicted molar refractivity (Wildman–Crippen MR) is 111 cm³/mol. The van der Waals surface area contributed by atoms with Crippen molar-refractivity contribution in [2.45, 2.75) is 31.0 Å². The van der Waals surface area contributed by atoms with Crippen molar-refractivity contribution in [3.8, 4) is 23.7 Å². The van der Waals surface area contributed by atoms with Gasteiger partial charge in [-0.25, -0.2) is 9.18 Å². The van der Waals surface area contributed by atoms with Crippen LogP contribution < -0.4 is 15.4 Å². The Hall–Kier alpha value is -3.83. The Morgan fingerprint density at radius 3 is 2.71 bits per heavy atom. The zero-order valence-corrected chi connectivity index (χ0v) is 17.6. The molecule has 2 aliphatic rings. The van der Waals surface area contributed by atoms with Gasteiger partial charge >= 0.3 is 12.2 Å². The highest BCUT2D eigenvalue weighted by Crippen LogP contribution is 2.45. The van der Waals surface area contributed by atoms with Gasteiger partial charge in [0, 0.05) is 29.3 Å². The number of aliphatic hydroxyl groups is 1. The average molecular weight is 474 g/mol. The van der Waals surface area contributed by atoms with Crippen molar-refractivity contribution in [3.63, 3.8) is 0 Å². The number of pyridine rings is 1. The van der Waals surface area contributed by atoms with Crippen molar-refractivity contribution in [2.75, 3.05) is 18.5 Å². The molecule has 34 heavy (non-hydrogen) atoms. The third-order valence-electron chi connectivity index (χ3n) is 5.37. The molecule has 1 atom stereocenters. The molecule has 1 saturated carbocycles. The first-order chi connectivity index (χ1) is 16.2. The quantitative estimate of drug-likeness (QED) is 0.455. The number of fused-ring (bicyclic) bond motifs is 1. The fourth-order valence-electron chi connectivity index (χ4n) is 3.53. The van der Waals surface area contributed by atoms with Gasteiger partial charge in [-0.2, -0.15) is 18.4 Å². The molecule has 3 N–H and O–H groups in total. The van der Waals surface area contributed by atoms with Crippen LogP contribution in [0.3, 0.4) is 0 Å². The zero-order chi connectivity index (χ0) is 24.5. The number of hydrogen-bond acceptors (Lipinski definition) is 5. The van der Waals surface area contributed by atoms with Crippen LogP contribution >= 0.6 is 0 Å². The van der Waals surface area contributed by atoms with Crippen LogP contribution in [0.1, 0.15) is 35.2 Å². The minimum absolute atomic E-state index is 0.0346. The van der Waals surface area contributed by atoms with Gasteiger partial charge in [-0.05, 0) is 36.6 Å². The Morgan fingerprint density at radius 2 is 2.06 bits per heavy atom. The number of benzene rings is 1. The lowest BCUT2D eigenvalue weighted by Gasteiger charge is -2.37. The fraction of sp³-hybridized carbons (Fsp3) is 0.348. The number of carbonyl (C=O) groups excluding carboxylic acids is 1. The molecule has 4 rings (SSSR count). The lowest BCUT2D eigenvalue weighted by Crippen LogP contribution is -2.59. The molecule has 1 aromatic heterocycles. The number of amides is 2. The molecule has 0 saturated heterocycles. The van der Waals surface area contributed by atoms with Gasteiger partial charge < -0.3 is 20.5 Å². The fourth-order valence-corrected chi connectivity index (χ4v) is 3.53. The number of ether oxygens (including phenoxy) is 1. The third-order valence-corrected chi connectivity index (χ3v) is 5.37. The van der Waals surface area contributed by atoms with Crippen molar-refractivity contribution in [3.05, 3.63) is 52.6 Å². The number of aromatic nitrogens is 1. The smallest absolute Gasteiger partial charge is 0.427 e. The lowest BCUT2D eigenvalue weighted by molar-refractivity contribution is -0.178. The SMILES string of the molecule is N#Cc1cc(Cc2cc3c(cc2F)C(C#CC2CC2)(C(F)(F)F)NC(=O)N3)ncc1OCCO. The van der Waals surface area contributed by atoms with Crippen LogP contribution in [0.4, 0.5) is 28.0 Å².